The first-order chi connectivity index (χ1) is 9.66. The Bertz CT molecular complexity index is 540. The Morgan fingerprint density at radius 3 is 1.05 bits per heavy atom. The van der Waals surface area contributed by atoms with E-state index in [2.05, 4.69) is 0 Å². The Morgan fingerprint density at radius 1 is 0.524 bits per heavy atom. The van der Waals surface area contributed by atoms with Crippen LogP contribution in [0.3, 0.4) is 0 Å². The highest BCUT2D eigenvalue weighted by Crippen LogP contribution is 2.29. The van der Waals surface area contributed by atoms with Gasteiger partial charge in [-0.25, -0.2) is 0 Å². The molecule has 110 valence electrons. The van der Waals surface area contributed by atoms with Crippen LogP contribution >= 0.6 is 0 Å². The maximum Gasteiger partial charge on any atom is 0.416 e. The quantitative estimate of drug-likeness (QED) is 0.588. The molecule has 2 rings (SSSR count). The zero-order valence-corrected chi connectivity index (χ0v) is 11.4. The number of halogens is 6. The van der Waals surface area contributed by atoms with Crippen LogP contribution < -0.4 is 10.4 Å². The highest BCUT2D eigenvalue weighted by molar-refractivity contribution is 6.67. The number of hydrogen-bond donors (Lipinski definition) is 0. The van der Waals surface area contributed by atoms with Gasteiger partial charge in [0.15, 0.2) is 0 Å². The first-order valence-electron chi connectivity index (χ1n) is 5.78. The van der Waals surface area contributed by atoms with Crippen LogP contribution in [0.1, 0.15) is 11.1 Å². The Balaban J connectivity index is 2.12. The Morgan fingerprint density at radius 2 is 0.810 bits per heavy atom. The topological polar surface area (TPSA) is 0 Å². The number of benzene rings is 2. The van der Waals surface area contributed by atoms with Crippen molar-refractivity contribution in [3.05, 3.63) is 59.7 Å². The van der Waals surface area contributed by atoms with E-state index < -0.39 is 23.5 Å². The molecule has 0 aliphatic heterocycles. The molecule has 2 aromatic carbocycles. The van der Waals surface area contributed by atoms with Gasteiger partial charge in [0.05, 0.1) is 11.1 Å². The van der Waals surface area contributed by atoms with Gasteiger partial charge in [-0.15, -0.1) is 0 Å². The van der Waals surface area contributed by atoms with E-state index >= 15 is 0 Å². The van der Waals surface area contributed by atoms with Crippen LogP contribution in [0.5, 0.6) is 0 Å². The van der Waals surface area contributed by atoms with Crippen molar-refractivity contribution in [2.75, 3.05) is 0 Å². The zero-order valence-electron chi connectivity index (χ0n) is 10.4. The van der Waals surface area contributed by atoms with Gasteiger partial charge in [0, 0.05) is 0 Å². The molecule has 2 aromatic rings. The van der Waals surface area contributed by atoms with E-state index in [0.717, 1.165) is 24.3 Å². The summed E-state index contributed by atoms with van der Waals surface area (Å²) < 4.78 is 74.4. The molecule has 0 saturated heterocycles. The third-order valence-corrected chi connectivity index (χ3v) is 3.96. The van der Waals surface area contributed by atoms with Crippen molar-refractivity contribution in [2.24, 2.45) is 0 Å². The van der Waals surface area contributed by atoms with E-state index in [1.807, 2.05) is 0 Å². The number of alkyl halides is 6. The first kappa shape index (κ1) is 15.6. The molecule has 0 unspecified atom stereocenters. The Kier molecular flexibility index (Phi) is 4.13. The normalized spacial score (nSPS) is 12.5. The fourth-order valence-electron chi connectivity index (χ4n) is 1.65. The summed E-state index contributed by atoms with van der Waals surface area (Å²) in [5.41, 5.74) is -1.49. The van der Waals surface area contributed by atoms with E-state index in [1.54, 1.807) is 0 Å². The lowest BCUT2D eigenvalue weighted by molar-refractivity contribution is -0.138. The molecule has 21 heavy (non-hydrogen) atoms. The summed E-state index contributed by atoms with van der Waals surface area (Å²) in [4.78, 5) is 0. The summed E-state index contributed by atoms with van der Waals surface area (Å²) in [6.07, 6.45) is -8.79. The minimum atomic E-state index is -4.39. The molecule has 0 nitrogen and oxygen atoms in total. The fourth-order valence-corrected chi connectivity index (χ4v) is 2.65. The molecule has 7 heteroatoms. The average molecular weight is 318 g/mol. The van der Waals surface area contributed by atoms with Gasteiger partial charge in [-0.05, 0) is 0 Å². The molecular weight excluding hydrogens is 310 g/mol. The molecule has 0 N–H and O–H groups in total. The fraction of sp³-hybridized carbons (Fsp3) is 0.143. The van der Waals surface area contributed by atoms with Gasteiger partial charge >= 0.3 is 12.4 Å². The van der Waals surface area contributed by atoms with Crippen LogP contribution in [0.25, 0.3) is 0 Å². The summed E-state index contributed by atoms with van der Waals surface area (Å²) in [5.74, 6) is 0. The van der Waals surface area contributed by atoms with Gasteiger partial charge in [-0.3, -0.25) is 0 Å². The minimum Gasteiger partial charge on any atom is -0.166 e. The second kappa shape index (κ2) is 5.55. The lowest BCUT2D eigenvalue weighted by Crippen LogP contribution is -2.27. The van der Waals surface area contributed by atoms with Crippen LogP contribution in [-0.2, 0) is 12.4 Å². The molecule has 0 aromatic heterocycles. The van der Waals surface area contributed by atoms with Crippen LogP contribution in [0.4, 0.5) is 26.3 Å². The van der Waals surface area contributed by atoms with Crippen LogP contribution in [0.15, 0.2) is 48.5 Å². The molecule has 0 heterocycles. The second-order valence-electron chi connectivity index (χ2n) is 4.28. The molecule has 0 amide bonds. The Hall–Kier alpha value is -1.76. The van der Waals surface area contributed by atoms with Crippen LogP contribution in [0, 0.1) is 0 Å². The van der Waals surface area contributed by atoms with Gasteiger partial charge in [-0.1, -0.05) is 58.9 Å². The smallest absolute Gasteiger partial charge is 0.166 e. The van der Waals surface area contributed by atoms with E-state index in [0.29, 0.717) is 10.4 Å². The van der Waals surface area contributed by atoms with Gasteiger partial charge in [-0.2, -0.15) is 26.3 Å². The Labute approximate surface area is 119 Å². The van der Waals surface area contributed by atoms with Crippen molar-refractivity contribution in [3.63, 3.8) is 0 Å². The predicted octanol–water partition coefficient (Wildman–Crippen LogP) is 3.38. The van der Waals surface area contributed by atoms with Crippen molar-refractivity contribution >= 4 is 19.9 Å². The number of hydrogen-bond acceptors (Lipinski definition) is 0. The van der Waals surface area contributed by atoms with Crippen molar-refractivity contribution in [1.29, 1.82) is 0 Å². The molecule has 0 spiro atoms. The monoisotopic (exact) mass is 318 g/mol. The zero-order chi connectivity index (χ0) is 15.7. The van der Waals surface area contributed by atoms with Crippen molar-refractivity contribution in [2.45, 2.75) is 12.4 Å². The number of rotatable bonds is 2. The summed E-state index contributed by atoms with van der Waals surface area (Å²) in [5, 5.41) is 1.26. The molecule has 0 bridgehead atoms. The largest absolute Gasteiger partial charge is 0.416 e. The lowest BCUT2D eigenvalue weighted by Gasteiger charge is -2.08. The van der Waals surface area contributed by atoms with Crippen LogP contribution in [0.2, 0.25) is 0 Å². The summed E-state index contributed by atoms with van der Waals surface area (Å²) >= 11 is 0. The summed E-state index contributed by atoms with van der Waals surface area (Å²) in [7, 11) is 0.00159. The molecule has 2 radical (unpaired) electrons. The highest BCUT2D eigenvalue weighted by atomic mass is 28.2. The average Bonchev–Trinajstić information content (AvgIpc) is 2.38. The molecule has 0 aliphatic rings. The molecule has 0 atom stereocenters. The van der Waals surface area contributed by atoms with E-state index in [-0.39, 0.29) is 9.52 Å². The molecule has 0 aliphatic carbocycles. The van der Waals surface area contributed by atoms with Gasteiger partial charge in [0.1, 0.15) is 9.52 Å². The van der Waals surface area contributed by atoms with E-state index in [9.17, 15) is 26.3 Å². The third-order valence-electron chi connectivity index (χ3n) is 2.71. The maximum atomic E-state index is 12.4. The SMILES string of the molecule is FC(F)(F)c1ccc([Si]c2ccc(C(F)(F)F)cc2)cc1. The van der Waals surface area contributed by atoms with E-state index in [4.69, 9.17) is 0 Å². The highest BCUT2D eigenvalue weighted by Gasteiger charge is 2.30. The third kappa shape index (κ3) is 4.10. The summed E-state index contributed by atoms with van der Waals surface area (Å²) in [6.45, 7) is 0. The molecule has 0 saturated carbocycles. The van der Waals surface area contributed by atoms with Crippen molar-refractivity contribution in [3.8, 4) is 0 Å². The van der Waals surface area contributed by atoms with Crippen molar-refractivity contribution < 1.29 is 26.3 Å². The lowest BCUT2D eigenvalue weighted by atomic mass is 10.2. The minimum absolute atomic E-state index is 0.00159. The van der Waals surface area contributed by atoms with Gasteiger partial charge in [0.25, 0.3) is 0 Å². The first-order valence-corrected chi connectivity index (χ1v) is 6.78. The summed E-state index contributed by atoms with van der Waals surface area (Å²) in [6, 6.07) is 9.19. The van der Waals surface area contributed by atoms with Crippen LogP contribution in [-0.4, -0.2) is 9.52 Å². The van der Waals surface area contributed by atoms with Gasteiger partial charge in [0.2, 0.25) is 0 Å². The molecular formula is C14H8F6Si. The standard InChI is InChI=1S/C14H8F6Si/c15-13(16,17)9-1-5-11(6-2-9)21-12-7-3-10(4-8-12)14(18,19)20/h1-8H. The van der Waals surface area contributed by atoms with Gasteiger partial charge < -0.3 is 0 Å². The second-order valence-corrected chi connectivity index (χ2v) is 5.68. The van der Waals surface area contributed by atoms with E-state index in [1.165, 1.54) is 24.3 Å². The predicted molar refractivity (Wildman–Crippen MR) is 67.9 cm³/mol. The molecule has 0 fully saturated rings. The van der Waals surface area contributed by atoms with Crippen molar-refractivity contribution in [1.82, 2.24) is 0 Å². The maximum absolute atomic E-state index is 12.4.